The van der Waals surface area contributed by atoms with E-state index in [-0.39, 0.29) is 35.0 Å². The largest absolute Gasteiger partial charge is 0.324 e. The Kier molecular flexibility index (Phi) is 7.95. The van der Waals surface area contributed by atoms with Gasteiger partial charge in [0.05, 0.1) is 28.4 Å². The monoisotopic (exact) mass is 594 g/mol. The Morgan fingerprint density at radius 2 is 1.61 bits per heavy atom. The molecule has 0 amide bonds. The normalized spacial score (nSPS) is 11.4. The third-order valence-corrected chi connectivity index (χ3v) is 8.68. The number of halogens is 3. The van der Waals surface area contributed by atoms with Gasteiger partial charge in [0.2, 0.25) is 5.95 Å². The van der Waals surface area contributed by atoms with Crippen LogP contribution in [0.4, 0.5) is 24.8 Å². The molecule has 0 saturated heterocycles. The van der Waals surface area contributed by atoms with Crippen molar-refractivity contribution in [1.29, 1.82) is 0 Å². The maximum absolute atomic E-state index is 15.9. The van der Waals surface area contributed by atoms with Crippen LogP contribution in [-0.2, 0) is 26.8 Å². The molecule has 0 atom stereocenters. The summed E-state index contributed by atoms with van der Waals surface area (Å²) >= 11 is 1.15. The number of thiazole rings is 1. The quantitative estimate of drug-likeness (QED) is 0.207. The van der Waals surface area contributed by atoms with Crippen LogP contribution in [-0.4, -0.2) is 29.2 Å². The van der Waals surface area contributed by atoms with Crippen LogP contribution in [0.5, 0.6) is 0 Å². The van der Waals surface area contributed by atoms with Crippen molar-refractivity contribution in [2.24, 2.45) is 0 Å². The Bertz CT molecular complexity index is 1840. The molecule has 0 radical (unpaired) electrons. The molecule has 1 N–H and O–H groups in total. The molecule has 3 aromatic carbocycles. The van der Waals surface area contributed by atoms with Crippen molar-refractivity contribution in [3.63, 3.8) is 0 Å². The van der Waals surface area contributed by atoms with Gasteiger partial charge in [0.15, 0.2) is 9.84 Å². The molecule has 0 fully saturated rings. The molecule has 2 heterocycles. The molecule has 0 aliphatic carbocycles. The van der Waals surface area contributed by atoms with E-state index < -0.39 is 37.9 Å². The van der Waals surface area contributed by atoms with Crippen molar-refractivity contribution in [1.82, 2.24) is 15.0 Å². The first-order valence-corrected chi connectivity index (χ1v) is 14.7. The number of hydrogen-bond donors (Lipinski definition) is 1. The predicted molar refractivity (Wildman–Crippen MR) is 150 cm³/mol. The molecule has 5 aromatic rings. The fourth-order valence-electron chi connectivity index (χ4n) is 4.14. The topological polar surface area (TPSA) is 102 Å². The summed E-state index contributed by atoms with van der Waals surface area (Å²) in [5.74, 6) is -4.32. The fourth-order valence-corrected chi connectivity index (χ4v) is 6.76. The minimum atomic E-state index is -4.59. The summed E-state index contributed by atoms with van der Waals surface area (Å²) in [6.45, 7) is 1.40. The first-order valence-electron chi connectivity index (χ1n) is 12.2. The SMILES string of the molecule is CC(=O)Cc1nc(-c2cccc(CS(=O)(=O)c3c(F)cccc3F)c2F)c(-c2ccnc(Nc3ccccc3)n2)s1. The van der Waals surface area contributed by atoms with Crippen molar-refractivity contribution in [2.75, 3.05) is 5.32 Å². The van der Waals surface area contributed by atoms with Crippen molar-refractivity contribution in [3.8, 4) is 21.8 Å². The molecule has 0 bridgehead atoms. The zero-order valence-electron chi connectivity index (χ0n) is 21.4. The average molecular weight is 595 g/mol. The van der Waals surface area contributed by atoms with Gasteiger partial charge in [-0.05, 0) is 43.3 Å². The van der Waals surface area contributed by atoms with Gasteiger partial charge in [0.25, 0.3) is 0 Å². The predicted octanol–water partition coefficient (Wildman–Crippen LogP) is 6.53. The Balaban J connectivity index is 1.57. The lowest BCUT2D eigenvalue weighted by Crippen LogP contribution is -2.11. The molecular formula is C29H21F3N4O3S2. The minimum Gasteiger partial charge on any atom is -0.324 e. The van der Waals surface area contributed by atoms with Crippen molar-refractivity contribution in [3.05, 3.63) is 107 Å². The maximum Gasteiger partial charge on any atom is 0.227 e. The highest BCUT2D eigenvalue weighted by Crippen LogP contribution is 2.39. The summed E-state index contributed by atoms with van der Waals surface area (Å²) in [7, 11) is -4.59. The van der Waals surface area contributed by atoms with E-state index in [9.17, 15) is 22.0 Å². The van der Waals surface area contributed by atoms with Crippen LogP contribution in [0.3, 0.4) is 0 Å². The van der Waals surface area contributed by atoms with Gasteiger partial charge in [-0.15, -0.1) is 11.3 Å². The van der Waals surface area contributed by atoms with Crippen LogP contribution in [0.15, 0.2) is 83.9 Å². The number of anilines is 2. The van der Waals surface area contributed by atoms with Gasteiger partial charge in [-0.25, -0.2) is 36.5 Å². The molecule has 12 heteroatoms. The number of para-hydroxylation sites is 1. The van der Waals surface area contributed by atoms with Gasteiger partial charge in [-0.2, -0.15) is 0 Å². The molecule has 2 aromatic heterocycles. The van der Waals surface area contributed by atoms with Crippen LogP contribution in [0.2, 0.25) is 0 Å². The van der Waals surface area contributed by atoms with Crippen LogP contribution in [0, 0.1) is 17.5 Å². The number of nitrogens with one attached hydrogen (secondary N) is 1. The van der Waals surface area contributed by atoms with E-state index in [1.54, 1.807) is 6.07 Å². The molecule has 0 aliphatic rings. The van der Waals surface area contributed by atoms with E-state index in [4.69, 9.17) is 0 Å². The summed E-state index contributed by atoms with van der Waals surface area (Å²) < 4.78 is 70.3. The summed E-state index contributed by atoms with van der Waals surface area (Å²) in [6.07, 6.45) is 1.52. The average Bonchev–Trinajstić information content (AvgIpc) is 3.33. The van der Waals surface area contributed by atoms with Gasteiger partial charge in [-0.1, -0.05) is 36.4 Å². The number of carbonyl (C=O) groups is 1. The zero-order chi connectivity index (χ0) is 29.1. The lowest BCUT2D eigenvalue weighted by molar-refractivity contribution is -0.116. The van der Waals surface area contributed by atoms with Crippen molar-refractivity contribution >= 4 is 38.6 Å². The van der Waals surface area contributed by atoms with Crippen LogP contribution >= 0.6 is 11.3 Å². The number of sulfone groups is 1. The third-order valence-electron chi connectivity index (χ3n) is 5.90. The summed E-state index contributed by atoms with van der Waals surface area (Å²) in [6, 6.07) is 17.6. The van der Waals surface area contributed by atoms with Crippen molar-refractivity contribution in [2.45, 2.75) is 24.0 Å². The van der Waals surface area contributed by atoms with Crippen LogP contribution in [0.1, 0.15) is 17.5 Å². The Hall–Kier alpha value is -4.42. The molecule has 0 aliphatic heterocycles. The molecule has 41 heavy (non-hydrogen) atoms. The van der Waals surface area contributed by atoms with E-state index in [0.29, 0.717) is 15.6 Å². The summed E-state index contributed by atoms with van der Waals surface area (Å²) in [5, 5.41) is 3.50. The number of rotatable bonds is 9. The standard InChI is InChI=1S/C29H21F3N4O3S2/c1-17(37)15-24-36-26(27(40-24)23-13-14-33-29(35-23)34-19-8-3-2-4-9-19)20-10-5-7-18(25(20)32)16-41(38,39)28-21(30)11-6-12-22(28)31/h2-14H,15-16H2,1H3,(H,33,34,35). The number of hydrogen-bond acceptors (Lipinski definition) is 8. The molecule has 0 saturated carbocycles. The van der Waals surface area contributed by atoms with E-state index in [0.717, 1.165) is 35.2 Å². The van der Waals surface area contributed by atoms with E-state index in [1.165, 1.54) is 31.3 Å². The molecule has 208 valence electrons. The number of aromatic nitrogens is 3. The van der Waals surface area contributed by atoms with Gasteiger partial charge in [0, 0.05) is 23.0 Å². The third kappa shape index (κ3) is 6.18. The van der Waals surface area contributed by atoms with Gasteiger partial charge >= 0.3 is 0 Å². The molecular weight excluding hydrogens is 573 g/mol. The van der Waals surface area contributed by atoms with E-state index >= 15 is 4.39 Å². The lowest BCUT2D eigenvalue weighted by Gasteiger charge is -2.11. The summed E-state index contributed by atoms with van der Waals surface area (Å²) in [4.78, 5) is 24.5. The Morgan fingerprint density at radius 3 is 2.32 bits per heavy atom. The second-order valence-corrected chi connectivity index (χ2v) is 12.0. The maximum atomic E-state index is 15.9. The number of Topliss-reactive ketones (excluding diaryl/α,β-unsaturated/α-hetero) is 1. The van der Waals surface area contributed by atoms with E-state index in [1.807, 2.05) is 30.3 Å². The molecule has 0 unspecified atom stereocenters. The second kappa shape index (κ2) is 11.6. The zero-order valence-corrected chi connectivity index (χ0v) is 23.1. The molecule has 0 spiro atoms. The second-order valence-electron chi connectivity index (χ2n) is 9.01. The van der Waals surface area contributed by atoms with Gasteiger partial charge < -0.3 is 5.32 Å². The number of benzene rings is 3. The lowest BCUT2D eigenvalue weighted by atomic mass is 10.1. The smallest absolute Gasteiger partial charge is 0.227 e. The first kappa shape index (κ1) is 28.1. The Morgan fingerprint density at radius 1 is 0.902 bits per heavy atom. The highest BCUT2D eigenvalue weighted by molar-refractivity contribution is 7.90. The van der Waals surface area contributed by atoms with Crippen molar-refractivity contribution < 1.29 is 26.4 Å². The summed E-state index contributed by atoms with van der Waals surface area (Å²) in [5.41, 5.74) is 0.934. The Labute approximate surface area is 237 Å². The number of ketones is 1. The molecule has 7 nitrogen and oxygen atoms in total. The van der Waals surface area contributed by atoms with E-state index in [2.05, 4.69) is 20.3 Å². The van der Waals surface area contributed by atoms with Crippen LogP contribution in [0.25, 0.3) is 21.8 Å². The first-order chi connectivity index (χ1) is 19.6. The highest BCUT2D eigenvalue weighted by Gasteiger charge is 2.27. The van der Waals surface area contributed by atoms with Gasteiger partial charge in [0.1, 0.15) is 33.1 Å². The van der Waals surface area contributed by atoms with Gasteiger partial charge in [-0.3, -0.25) is 4.79 Å². The molecule has 5 rings (SSSR count). The minimum absolute atomic E-state index is 0.000122. The highest BCUT2D eigenvalue weighted by atomic mass is 32.2. The number of carbonyl (C=O) groups excluding carboxylic acids is 1. The fraction of sp³-hybridized carbons (Fsp3) is 0.103. The van der Waals surface area contributed by atoms with Crippen LogP contribution < -0.4 is 5.32 Å². The number of nitrogens with zero attached hydrogens (tertiary/aromatic N) is 3.